The molecule has 1 aliphatic rings. The van der Waals surface area contributed by atoms with Crippen molar-refractivity contribution in [3.8, 4) is 0 Å². The number of hydrogen-bond donors (Lipinski definition) is 0. The van der Waals surface area contributed by atoms with E-state index in [0.717, 1.165) is 14.9 Å². The highest BCUT2D eigenvalue weighted by Gasteiger charge is 2.31. The molecule has 7 heteroatoms. The summed E-state index contributed by atoms with van der Waals surface area (Å²) in [6.07, 6.45) is 2.16. The fraction of sp³-hybridized carbons (Fsp3) is 0.545. The van der Waals surface area contributed by atoms with Gasteiger partial charge in [-0.2, -0.15) is 4.31 Å². The Morgan fingerprint density at radius 3 is 2.50 bits per heavy atom. The summed E-state index contributed by atoms with van der Waals surface area (Å²) in [5.41, 5.74) is 0. The normalized spacial score (nSPS) is 19.0. The van der Waals surface area contributed by atoms with E-state index in [4.69, 9.17) is 0 Å². The molecule has 0 N–H and O–H groups in total. The van der Waals surface area contributed by atoms with Crippen molar-refractivity contribution < 1.29 is 13.2 Å². The first kappa shape index (κ1) is 14.2. The number of halogens is 1. The zero-order valence-corrected chi connectivity index (χ0v) is 13.1. The number of piperidine rings is 1. The molecule has 1 aliphatic heterocycles. The molecule has 2 rings (SSSR count). The van der Waals surface area contributed by atoms with Crippen molar-refractivity contribution in [2.75, 3.05) is 13.1 Å². The van der Waals surface area contributed by atoms with E-state index in [1.165, 1.54) is 15.6 Å². The third-order valence-electron chi connectivity index (χ3n) is 3.15. The minimum absolute atomic E-state index is 0.00626. The van der Waals surface area contributed by atoms with E-state index in [2.05, 4.69) is 15.9 Å². The fourth-order valence-electron chi connectivity index (χ4n) is 2.08. The quantitative estimate of drug-likeness (QED) is 0.785. The highest BCUT2D eigenvalue weighted by Crippen LogP contribution is 2.32. The summed E-state index contributed by atoms with van der Waals surface area (Å²) in [7, 11) is -3.41. The first-order valence-corrected chi connectivity index (χ1v) is 8.71. The largest absolute Gasteiger partial charge is 0.303 e. The Hall–Kier alpha value is -0.240. The zero-order chi connectivity index (χ0) is 13.3. The fourth-order valence-corrected chi connectivity index (χ4v) is 5.93. The molecule has 1 saturated heterocycles. The summed E-state index contributed by atoms with van der Waals surface area (Å²) >= 11 is 4.73. The lowest BCUT2D eigenvalue weighted by Gasteiger charge is -2.28. The predicted octanol–water partition coefficient (Wildman–Crippen LogP) is 2.42. The number of sulfonamides is 1. The van der Waals surface area contributed by atoms with Crippen molar-refractivity contribution in [1.82, 2.24) is 4.31 Å². The summed E-state index contributed by atoms with van der Waals surface area (Å²) in [6, 6.07) is 1.65. The van der Waals surface area contributed by atoms with E-state index in [1.807, 2.05) is 0 Å². The van der Waals surface area contributed by atoms with Gasteiger partial charge in [0.05, 0.1) is 8.68 Å². The van der Waals surface area contributed by atoms with Crippen LogP contribution in [0.1, 0.15) is 17.7 Å². The molecule has 0 saturated carbocycles. The molecule has 1 aromatic heterocycles. The van der Waals surface area contributed by atoms with Gasteiger partial charge in [0.15, 0.2) is 0 Å². The Labute approximate surface area is 119 Å². The van der Waals surface area contributed by atoms with Crippen molar-refractivity contribution in [2.24, 2.45) is 5.92 Å². The molecule has 18 heavy (non-hydrogen) atoms. The van der Waals surface area contributed by atoms with Gasteiger partial charge in [0.1, 0.15) is 6.29 Å². The maximum Gasteiger partial charge on any atom is 0.244 e. The molecule has 0 unspecified atom stereocenters. The van der Waals surface area contributed by atoms with Gasteiger partial charge in [0.25, 0.3) is 0 Å². The number of nitrogens with zero attached hydrogens (tertiary/aromatic N) is 1. The Morgan fingerprint density at radius 2 is 2.06 bits per heavy atom. The van der Waals surface area contributed by atoms with Gasteiger partial charge in [0, 0.05) is 23.9 Å². The molecule has 0 spiro atoms. The smallest absolute Gasteiger partial charge is 0.244 e. The van der Waals surface area contributed by atoms with Crippen LogP contribution in [0.4, 0.5) is 0 Å². The van der Waals surface area contributed by atoms with Crippen molar-refractivity contribution in [1.29, 1.82) is 0 Å². The van der Waals surface area contributed by atoms with Crippen molar-refractivity contribution in [3.63, 3.8) is 0 Å². The van der Waals surface area contributed by atoms with E-state index in [0.29, 0.717) is 30.8 Å². The Balaban J connectivity index is 2.22. The topological polar surface area (TPSA) is 54.5 Å². The van der Waals surface area contributed by atoms with Crippen LogP contribution in [-0.2, 0) is 14.8 Å². The van der Waals surface area contributed by atoms with Crippen LogP contribution in [0.5, 0.6) is 0 Å². The lowest BCUT2D eigenvalue weighted by molar-refractivity contribution is -0.112. The van der Waals surface area contributed by atoms with Gasteiger partial charge in [-0.15, -0.1) is 11.3 Å². The standard InChI is InChI=1S/C11H14BrNO3S2/c1-8-10(6-11(12)17-8)18(15,16)13-4-2-9(7-14)3-5-13/h6-7,9H,2-5H2,1H3. The van der Waals surface area contributed by atoms with E-state index >= 15 is 0 Å². The van der Waals surface area contributed by atoms with Gasteiger partial charge in [-0.3, -0.25) is 0 Å². The van der Waals surface area contributed by atoms with Crippen LogP contribution < -0.4 is 0 Å². The van der Waals surface area contributed by atoms with E-state index in [9.17, 15) is 13.2 Å². The number of aryl methyl sites for hydroxylation is 1. The maximum absolute atomic E-state index is 12.4. The van der Waals surface area contributed by atoms with E-state index < -0.39 is 10.0 Å². The van der Waals surface area contributed by atoms with Crippen LogP contribution >= 0.6 is 27.3 Å². The highest BCUT2D eigenvalue weighted by molar-refractivity contribution is 9.11. The summed E-state index contributed by atoms with van der Waals surface area (Å²) in [5.74, 6) is 0.00626. The first-order chi connectivity index (χ1) is 8.45. The highest BCUT2D eigenvalue weighted by atomic mass is 79.9. The number of carbonyl (C=O) groups is 1. The van der Waals surface area contributed by atoms with Gasteiger partial charge in [0.2, 0.25) is 10.0 Å². The van der Waals surface area contributed by atoms with Gasteiger partial charge in [-0.1, -0.05) is 0 Å². The average Bonchev–Trinajstić information content (AvgIpc) is 2.69. The number of aldehydes is 1. The van der Waals surface area contributed by atoms with Crippen molar-refractivity contribution in [2.45, 2.75) is 24.7 Å². The third-order valence-corrected chi connectivity index (χ3v) is 6.86. The second-order valence-corrected chi connectivity index (χ2v) is 8.89. The average molecular weight is 352 g/mol. The van der Waals surface area contributed by atoms with E-state index in [-0.39, 0.29) is 5.92 Å². The lowest BCUT2D eigenvalue weighted by atomic mass is 10.0. The number of hydrogen-bond acceptors (Lipinski definition) is 4. The van der Waals surface area contributed by atoms with Crippen LogP contribution in [0.15, 0.2) is 14.7 Å². The summed E-state index contributed by atoms with van der Waals surface area (Å²) in [6.45, 7) is 2.66. The van der Waals surface area contributed by atoms with Crippen LogP contribution in [0.2, 0.25) is 0 Å². The summed E-state index contributed by atoms with van der Waals surface area (Å²) in [5, 5.41) is 0. The number of thiophene rings is 1. The van der Waals surface area contributed by atoms with Gasteiger partial charge in [-0.25, -0.2) is 8.42 Å². The first-order valence-electron chi connectivity index (χ1n) is 5.66. The molecule has 0 aromatic carbocycles. The Bertz CT molecular complexity index is 545. The van der Waals surface area contributed by atoms with Gasteiger partial charge >= 0.3 is 0 Å². The van der Waals surface area contributed by atoms with Crippen LogP contribution in [0.25, 0.3) is 0 Å². The molecule has 4 nitrogen and oxygen atoms in total. The summed E-state index contributed by atoms with van der Waals surface area (Å²) in [4.78, 5) is 11.8. The molecule has 100 valence electrons. The van der Waals surface area contributed by atoms with Crippen molar-refractivity contribution >= 4 is 43.6 Å². The molecule has 1 fully saturated rings. The predicted molar refractivity (Wildman–Crippen MR) is 74.3 cm³/mol. The van der Waals surface area contributed by atoms with Crippen LogP contribution in [0.3, 0.4) is 0 Å². The molecule has 1 aromatic rings. The molecule has 0 atom stereocenters. The molecule has 2 heterocycles. The zero-order valence-electron chi connectivity index (χ0n) is 9.93. The molecular formula is C11H14BrNO3S2. The lowest BCUT2D eigenvalue weighted by Crippen LogP contribution is -2.38. The second-order valence-electron chi connectivity index (χ2n) is 4.35. The minimum Gasteiger partial charge on any atom is -0.303 e. The molecule has 0 aliphatic carbocycles. The van der Waals surface area contributed by atoms with Crippen LogP contribution in [-0.4, -0.2) is 32.1 Å². The minimum atomic E-state index is -3.41. The molecular weight excluding hydrogens is 338 g/mol. The summed E-state index contributed by atoms with van der Waals surface area (Å²) < 4.78 is 27.2. The molecule has 0 amide bonds. The Morgan fingerprint density at radius 1 is 1.44 bits per heavy atom. The van der Waals surface area contributed by atoms with E-state index in [1.54, 1.807) is 13.0 Å². The number of carbonyl (C=O) groups excluding carboxylic acids is 1. The monoisotopic (exact) mass is 351 g/mol. The molecule has 0 bridgehead atoms. The Kier molecular flexibility index (Phi) is 4.25. The molecule has 0 radical (unpaired) electrons. The van der Waals surface area contributed by atoms with Crippen LogP contribution in [0, 0.1) is 12.8 Å². The van der Waals surface area contributed by atoms with Gasteiger partial charge in [-0.05, 0) is 41.8 Å². The maximum atomic E-state index is 12.4. The second kappa shape index (κ2) is 5.40. The SMILES string of the molecule is Cc1sc(Br)cc1S(=O)(=O)N1CCC(C=O)CC1. The van der Waals surface area contributed by atoms with Gasteiger partial charge < -0.3 is 4.79 Å². The van der Waals surface area contributed by atoms with Crippen molar-refractivity contribution in [3.05, 3.63) is 14.7 Å². The third kappa shape index (κ3) is 2.68. The number of rotatable bonds is 3.